The molecule has 0 aliphatic carbocycles. The van der Waals surface area contributed by atoms with Crippen molar-refractivity contribution in [2.24, 2.45) is 7.05 Å². The van der Waals surface area contributed by atoms with E-state index >= 15 is 0 Å². The third-order valence-corrected chi connectivity index (χ3v) is 3.97. The van der Waals surface area contributed by atoms with Crippen molar-refractivity contribution in [3.8, 4) is 5.75 Å². The molecule has 1 N–H and O–H groups in total. The molecule has 1 heterocycles. The number of nitrogens with zero attached hydrogens (tertiary/aromatic N) is 2. The molecule has 24 heavy (non-hydrogen) atoms. The summed E-state index contributed by atoms with van der Waals surface area (Å²) in [6, 6.07) is 5.96. The lowest BCUT2D eigenvalue weighted by molar-refractivity contribution is -0.120. The number of unbranched alkanes of at least 4 members (excludes halogenated alkanes) is 1. The number of aryl methyl sites for hydroxylation is 2. The van der Waals surface area contributed by atoms with Gasteiger partial charge < -0.3 is 10.1 Å². The SMILES string of the molecule is Cc1nn(C)c(C)c1CC(=O)NCCCCOc1ccc(F)cc1. The van der Waals surface area contributed by atoms with Crippen LogP contribution in [0.25, 0.3) is 0 Å². The van der Waals surface area contributed by atoms with Gasteiger partial charge in [-0.15, -0.1) is 0 Å². The highest BCUT2D eigenvalue weighted by molar-refractivity contribution is 5.79. The number of carbonyl (C=O) groups is 1. The zero-order valence-corrected chi connectivity index (χ0v) is 14.4. The Morgan fingerprint density at radius 3 is 2.58 bits per heavy atom. The van der Waals surface area contributed by atoms with Gasteiger partial charge in [0.2, 0.25) is 5.91 Å². The third kappa shape index (κ3) is 5.08. The summed E-state index contributed by atoms with van der Waals surface area (Å²) in [4.78, 5) is 12.0. The third-order valence-electron chi connectivity index (χ3n) is 3.97. The van der Waals surface area contributed by atoms with Crippen LogP contribution in [0.4, 0.5) is 4.39 Å². The molecular weight excluding hydrogens is 309 g/mol. The molecule has 130 valence electrons. The van der Waals surface area contributed by atoms with E-state index in [4.69, 9.17) is 4.74 Å². The van der Waals surface area contributed by atoms with E-state index < -0.39 is 0 Å². The molecule has 2 aromatic rings. The van der Waals surface area contributed by atoms with Crippen molar-refractivity contribution < 1.29 is 13.9 Å². The van der Waals surface area contributed by atoms with Crippen LogP contribution in [0.2, 0.25) is 0 Å². The van der Waals surface area contributed by atoms with Crippen molar-refractivity contribution in [3.63, 3.8) is 0 Å². The van der Waals surface area contributed by atoms with Gasteiger partial charge in [0.15, 0.2) is 0 Å². The van der Waals surface area contributed by atoms with Gasteiger partial charge in [-0.2, -0.15) is 5.10 Å². The zero-order chi connectivity index (χ0) is 17.5. The first-order valence-corrected chi connectivity index (χ1v) is 8.11. The summed E-state index contributed by atoms with van der Waals surface area (Å²) < 4.78 is 20.1. The van der Waals surface area contributed by atoms with Crippen LogP contribution >= 0.6 is 0 Å². The van der Waals surface area contributed by atoms with E-state index in [0.29, 0.717) is 25.3 Å². The molecule has 1 amide bonds. The Hall–Kier alpha value is -2.37. The first-order chi connectivity index (χ1) is 11.5. The van der Waals surface area contributed by atoms with Gasteiger partial charge in [0.05, 0.1) is 18.7 Å². The lowest BCUT2D eigenvalue weighted by Crippen LogP contribution is -2.26. The monoisotopic (exact) mass is 333 g/mol. The molecule has 0 fully saturated rings. The molecule has 0 aliphatic rings. The molecule has 0 saturated carbocycles. The topological polar surface area (TPSA) is 56.2 Å². The lowest BCUT2D eigenvalue weighted by Gasteiger charge is -2.07. The molecule has 0 saturated heterocycles. The molecule has 0 unspecified atom stereocenters. The number of rotatable bonds is 8. The number of aromatic nitrogens is 2. The first-order valence-electron chi connectivity index (χ1n) is 8.11. The van der Waals surface area contributed by atoms with Gasteiger partial charge in [-0.1, -0.05) is 0 Å². The maximum absolute atomic E-state index is 12.8. The number of hydrogen-bond donors (Lipinski definition) is 1. The van der Waals surface area contributed by atoms with Gasteiger partial charge in [-0.25, -0.2) is 4.39 Å². The highest BCUT2D eigenvalue weighted by Gasteiger charge is 2.12. The molecule has 1 aromatic heterocycles. The zero-order valence-electron chi connectivity index (χ0n) is 14.4. The summed E-state index contributed by atoms with van der Waals surface area (Å²) >= 11 is 0. The van der Waals surface area contributed by atoms with Gasteiger partial charge in [0.1, 0.15) is 11.6 Å². The Labute approximate surface area is 141 Å². The average molecular weight is 333 g/mol. The minimum absolute atomic E-state index is 0.00801. The van der Waals surface area contributed by atoms with Crippen LogP contribution in [-0.4, -0.2) is 28.8 Å². The smallest absolute Gasteiger partial charge is 0.224 e. The van der Waals surface area contributed by atoms with E-state index in [0.717, 1.165) is 29.8 Å². The second-order valence-electron chi connectivity index (χ2n) is 5.81. The molecule has 0 aliphatic heterocycles. The molecular formula is C18H24FN3O2. The van der Waals surface area contributed by atoms with Gasteiger partial charge in [-0.3, -0.25) is 9.48 Å². The van der Waals surface area contributed by atoms with Crippen LogP contribution in [0.3, 0.4) is 0 Å². The van der Waals surface area contributed by atoms with Crippen molar-refractivity contribution in [2.45, 2.75) is 33.1 Å². The van der Waals surface area contributed by atoms with Gasteiger partial charge in [0, 0.05) is 24.8 Å². The molecule has 2 rings (SSSR count). The van der Waals surface area contributed by atoms with Crippen molar-refractivity contribution >= 4 is 5.91 Å². The number of carbonyl (C=O) groups excluding carboxylic acids is 1. The Morgan fingerprint density at radius 1 is 1.25 bits per heavy atom. The summed E-state index contributed by atoms with van der Waals surface area (Å²) in [6.07, 6.45) is 2.01. The lowest BCUT2D eigenvalue weighted by atomic mass is 10.1. The standard InChI is InChI=1S/C18H24FN3O2/c1-13-17(14(2)22(3)21-13)12-18(23)20-10-4-5-11-24-16-8-6-15(19)7-9-16/h6-9H,4-5,10-12H2,1-3H3,(H,20,23). The van der Waals surface area contributed by atoms with E-state index in [2.05, 4.69) is 10.4 Å². The summed E-state index contributed by atoms with van der Waals surface area (Å²) in [5, 5.41) is 7.24. The van der Waals surface area contributed by atoms with Gasteiger partial charge >= 0.3 is 0 Å². The molecule has 0 atom stereocenters. The van der Waals surface area contributed by atoms with Crippen LogP contribution in [0.5, 0.6) is 5.75 Å². The molecule has 0 bridgehead atoms. The van der Waals surface area contributed by atoms with E-state index in [1.165, 1.54) is 12.1 Å². The molecule has 6 heteroatoms. The number of hydrogen-bond acceptors (Lipinski definition) is 3. The highest BCUT2D eigenvalue weighted by atomic mass is 19.1. The van der Waals surface area contributed by atoms with Crippen LogP contribution in [0, 0.1) is 19.7 Å². The number of nitrogens with one attached hydrogen (secondary N) is 1. The minimum atomic E-state index is -0.274. The molecule has 0 radical (unpaired) electrons. The number of halogens is 1. The molecule has 5 nitrogen and oxygen atoms in total. The van der Waals surface area contributed by atoms with Gasteiger partial charge in [0.25, 0.3) is 0 Å². The molecule has 0 spiro atoms. The highest BCUT2D eigenvalue weighted by Crippen LogP contribution is 2.13. The fourth-order valence-electron chi connectivity index (χ4n) is 2.47. The van der Waals surface area contributed by atoms with Gasteiger partial charge in [-0.05, 0) is 51.0 Å². The van der Waals surface area contributed by atoms with Crippen LogP contribution in [0.1, 0.15) is 29.8 Å². The second kappa shape index (κ2) is 8.47. The fraction of sp³-hybridized carbons (Fsp3) is 0.444. The van der Waals surface area contributed by atoms with E-state index in [1.807, 2.05) is 20.9 Å². The summed E-state index contributed by atoms with van der Waals surface area (Å²) in [5.41, 5.74) is 2.92. The Kier molecular flexibility index (Phi) is 6.35. The maximum Gasteiger partial charge on any atom is 0.224 e. The van der Waals surface area contributed by atoms with Crippen molar-refractivity contribution in [3.05, 3.63) is 47.0 Å². The second-order valence-corrected chi connectivity index (χ2v) is 5.81. The predicted molar refractivity (Wildman–Crippen MR) is 90.5 cm³/mol. The number of ether oxygens (including phenoxy) is 1. The van der Waals surface area contributed by atoms with Crippen LogP contribution < -0.4 is 10.1 Å². The summed E-state index contributed by atoms with van der Waals surface area (Å²) in [6.45, 7) is 5.05. The number of amides is 1. The van der Waals surface area contributed by atoms with Crippen molar-refractivity contribution in [1.29, 1.82) is 0 Å². The van der Waals surface area contributed by atoms with E-state index in [-0.39, 0.29) is 11.7 Å². The van der Waals surface area contributed by atoms with Crippen molar-refractivity contribution in [2.75, 3.05) is 13.2 Å². The van der Waals surface area contributed by atoms with E-state index in [1.54, 1.807) is 16.8 Å². The van der Waals surface area contributed by atoms with Crippen molar-refractivity contribution in [1.82, 2.24) is 15.1 Å². The minimum Gasteiger partial charge on any atom is -0.494 e. The molecule has 1 aromatic carbocycles. The maximum atomic E-state index is 12.8. The normalized spacial score (nSPS) is 10.7. The predicted octanol–water partition coefficient (Wildman–Crippen LogP) is 2.69. The first kappa shape index (κ1) is 18.0. The Balaban J connectivity index is 1.62. The average Bonchev–Trinajstić information content (AvgIpc) is 2.79. The van der Waals surface area contributed by atoms with Crippen LogP contribution in [-0.2, 0) is 18.3 Å². The largest absolute Gasteiger partial charge is 0.494 e. The Bertz CT molecular complexity index is 680. The summed E-state index contributed by atoms with van der Waals surface area (Å²) in [5.74, 6) is 0.390. The summed E-state index contributed by atoms with van der Waals surface area (Å²) in [7, 11) is 1.88. The van der Waals surface area contributed by atoms with Crippen LogP contribution in [0.15, 0.2) is 24.3 Å². The number of benzene rings is 1. The quantitative estimate of drug-likeness (QED) is 0.756. The Morgan fingerprint density at radius 2 is 1.96 bits per heavy atom. The van der Waals surface area contributed by atoms with E-state index in [9.17, 15) is 9.18 Å². The fourth-order valence-corrected chi connectivity index (χ4v) is 2.47.